The molecule has 2 nitrogen and oxygen atoms in total. The van der Waals surface area contributed by atoms with E-state index in [-0.39, 0.29) is 17.1 Å². The summed E-state index contributed by atoms with van der Waals surface area (Å²) < 4.78 is 0. The average Bonchev–Trinajstić information content (AvgIpc) is 2.04. The molecule has 0 fully saturated rings. The first kappa shape index (κ1) is 9.72. The monoisotopic (exact) mass is 191 g/mol. The topological polar surface area (TPSA) is 47.6 Å². The molecule has 1 rings (SSSR count). The van der Waals surface area contributed by atoms with Gasteiger partial charge in [-0.15, -0.1) is 0 Å². The van der Waals surface area contributed by atoms with Gasteiger partial charge < -0.3 is 0 Å². The van der Waals surface area contributed by atoms with Crippen LogP contribution >= 0.6 is 0 Å². The minimum atomic E-state index is 0. The van der Waals surface area contributed by atoms with Crippen LogP contribution in [0.1, 0.15) is 11.1 Å². The van der Waals surface area contributed by atoms with Crippen molar-refractivity contribution >= 4 is 0 Å². The molecule has 0 atom stereocenters. The number of benzene rings is 1. The molecule has 0 amide bonds. The van der Waals surface area contributed by atoms with Crippen molar-refractivity contribution in [2.45, 2.75) is 0 Å². The van der Waals surface area contributed by atoms with Crippen LogP contribution in [0.15, 0.2) is 24.3 Å². The van der Waals surface area contributed by atoms with E-state index >= 15 is 0 Å². The minimum Gasteiger partial charge on any atom is -0.192 e. The van der Waals surface area contributed by atoms with E-state index in [4.69, 9.17) is 10.5 Å². The second kappa shape index (κ2) is 4.52. The number of rotatable bonds is 0. The molecule has 1 aromatic rings. The fourth-order valence-electron chi connectivity index (χ4n) is 0.678. The van der Waals surface area contributed by atoms with Crippen LogP contribution in [0.25, 0.3) is 0 Å². The summed E-state index contributed by atoms with van der Waals surface area (Å²) in [6, 6.07) is 10.6. The summed E-state index contributed by atoms with van der Waals surface area (Å²) in [7, 11) is 0. The van der Waals surface area contributed by atoms with Crippen LogP contribution in [0, 0.1) is 22.7 Å². The van der Waals surface area contributed by atoms with Gasteiger partial charge in [0.25, 0.3) is 0 Å². The summed E-state index contributed by atoms with van der Waals surface area (Å²) in [5.74, 6) is 0. The van der Waals surface area contributed by atoms with Crippen molar-refractivity contribution in [2.75, 3.05) is 0 Å². The Balaban J connectivity index is 0.000001000. The van der Waals surface area contributed by atoms with Crippen LogP contribution in [-0.2, 0) is 17.1 Å². The molecule has 0 aromatic heterocycles. The van der Waals surface area contributed by atoms with Crippen molar-refractivity contribution in [3.8, 4) is 12.1 Å². The SMILES string of the molecule is N#Cc1ccccc1C#N.[Cu]. The van der Waals surface area contributed by atoms with Gasteiger partial charge in [0, 0.05) is 17.1 Å². The first-order chi connectivity index (χ1) is 4.88. The summed E-state index contributed by atoms with van der Waals surface area (Å²) in [4.78, 5) is 0. The first-order valence-corrected chi connectivity index (χ1v) is 2.77. The van der Waals surface area contributed by atoms with Gasteiger partial charge in [0.2, 0.25) is 0 Å². The second-order valence-corrected chi connectivity index (χ2v) is 1.77. The van der Waals surface area contributed by atoms with E-state index < -0.39 is 0 Å². The fourth-order valence-corrected chi connectivity index (χ4v) is 0.678. The van der Waals surface area contributed by atoms with Crippen LogP contribution in [-0.4, -0.2) is 0 Å². The van der Waals surface area contributed by atoms with Gasteiger partial charge in [-0.25, -0.2) is 0 Å². The molecule has 1 radical (unpaired) electrons. The van der Waals surface area contributed by atoms with Gasteiger partial charge in [-0.05, 0) is 12.1 Å². The quantitative estimate of drug-likeness (QED) is 0.583. The second-order valence-electron chi connectivity index (χ2n) is 1.77. The van der Waals surface area contributed by atoms with E-state index in [1.165, 1.54) is 0 Å². The van der Waals surface area contributed by atoms with Crippen molar-refractivity contribution in [2.24, 2.45) is 0 Å². The smallest absolute Gasteiger partial charge is 0.101 e. The maximum absolute atomic E-state index is 8.45. The van der Waals surface area contributed by atoms with E-state index in [9.17, 15) is 0 Å². The maximum Gasteiger partial charge on any atom is 0.101 e. The number of nitrogens with zero attached hydrogens (tertiary/aromatic N) is 2. The molecule has 3 heteroatoms. The average molecular weight is 192 g/mol. The molecular weight excluding hydrogens is 188 g/mol. The maximum atomic E-state index is 8.45. The Labute approximate surface area is 75.5 Å². The number of hydrogen-bond donors (Lipinski definition) is 0. The van der Waals surface area contributed by atoms with Gasteiger partial charge >= 0.3 is 0 Å². The minimum absolute atomic E-state index is 0. The molecule has 0 aliphatic rings. The fraction of sp³-hybridized carbons (Fsp3) is 0. The molecule has 0 aliphatic heterocycles. The molecule has 0 N–H and O–H groups in total. The van der Waals surface area contributed by atoms with Crippen LogP contribution in [0.5, 0.6) is 0 Å². The molecule has 0 spiro atoms. The third kappa shape index (κ3) is 2.09. The third-order valence-electron chi connectivity index (χ3n) is 1.17. The van der Waals surface area contributed by atoms with E-state index in [2.05, 4.69) is 0 Å². The summed E-state index contributed by atoms with van der Waals surface area (Å²) in [6.45, 7) is 0. The molecule has 0 bridgehead atoms. The molecule has 1 aromatic carbocycles. The Morgan fingerprint density at radius 1 is 0.909 bits per heavy atom. The molecule has 57 valence electrons. The van der Waals surface area contributed by atoms with E-state index in [0.29, 0.717) is 11.1 Å². The summed E-state index contributed by atoms with van der Waals surface area (Å²) in [6.07, 6.45) is 0. The van der Waals surface area contributed by atoms with Crippen molar-refractivity contribution in [3.05, 3.63) is 35.4 Å². The van der Waals surface area contributed by atoms with Crippen LogP contribution in [0.2, 0.25) is 0 Å². The zero-order valence-electron chi connectivity index (χ0n) is 5.51. The predicted octanol–water partition coefficient (Wildman–Crippen LogP) is 1.43. The molecule has 0 aliphatic carbocycles. The van der Waals surface area contributed by atoms with Gasteiger partial charge in [0.15, 0.2) is 0 Å². The van der Waals surface area contributed by atoms with Crippen LogP contribution in [0.4, 0.5) is 0 Å². The van der Waals surface area contributed by atoms with Gasteiger partial charge in [-0.3, -0.25) is 0 Å². The predicted molar refractivity (Wildman–Crippen MR) is 35.9 cm³/mol. The van der Waals surface area contributed by atoms with Crippen LogP contribution in [0.3, 0.4) is 0 Å². The normalized spacial score (nSPS) is 7.09. The Kier molecular flexibility index (Phi) is 4.00. The van der Waals surface area contributed by atoms with E-state index in [1.54, 1.807) is 24.3 Å². The summed E-state index contributed by atoms with van der Waals surface area (Å²) >= 11 is 0. The van der Waals surface area contributed by atoms with E-state index in [1.807, 2.05) is 12.1 Å². The Morgan fingerprint density at radius 2 is 1.27 bits per heavy atom. The van der Waals surface area contributed by atoms with Gasteiger partial charge in [-0.1, -0.05) is 12.1 Å². The zero-order chi connectivity index (χ0) is 7.40. The number of hydrogen-bond acceptors (Lipinski definition) is 2. The molecule has 0 heterocycles. The molecule has 11 heavy (non-hydrogen) atoms. The molecular formula is C8H4CuN2. The van der Waals surface area contributed by atoms with Crippen molar-refractivity contribution in [1.82, 2.24) is 0 Å². The van der Waals surface area contributed by atoms with Gasteiger partial charge in [-0.2, -0.15) is 10.5 Å². The van der Waals surface area contributed by atoms with E-state index in [0.717, 1.165) is 0 Å². The molecule has 0 saturated carbocycles. The summed E-state index contributed by atoms with van der Waals surface area (Å²) in [5, 5.41) is 16.9. The van der Waals surface area contributed by atoms with Crippen LogP contribution < -0.4 is 0 Å². The standard InChI is InChI=1S/C8H4N2.Cu/c9-5-7-3-1-2-4-8(7)6-10;/h1-4H;. The van der Waals surface area contributed by atoms with Crippen molar-refractivity contribution < 1.29 is 17.1 Å². The first-order valence-electron chi connectivity index (χ1n) is 2.77. The Bertz CT molecular complexity index is 287. The van der Waals surface area contributed by atoms with Gasteiger partial charge in [0.1, 0.15) is 12.1 Å². The zero-order valence-corrected chi connectivity index (χ0v) is 6.45. The molecule has 0 saturated heterocycles. The number of nitriles is 2. The van der Waals surface area contributed by atoms with Gasteiger partial charge in [0.05, 0.1) is 11.1 Å². The Hall–Kier alpha value is -1.28. The summed E-state index contributed by atoms with van der Waals surface area (Å²) in [5.41, 5.74) is 0.870. The van der Waals surface area contributed by atoms with Crippen molar-refractivity contribution in [1.29, 1.82) is 10.5 Å². The largest absolute Gasteiger partial charge is 0.192 e. The molecule has 0 unspecified atom stereocenters. The Morgan fingerprint density at radius 3 is 1.55 bits per heavy atom. The third-order valence-corrected chi connectivity index (χ3v) is 1.17. The van der Waals surface area contributed by atoms with Crippen molar-refractivity contribution in [3.63, 3.8) is 0 Å².